The van der Waals surface area contributed by atoms with Gasteiger partial charge in [-0.1, -0.05) is 6.07 Å². The summed E-state index contributed by atoms with van der Waals surface area (Å²) in [4.78, 5) is 29.1. The van der Waals surface area contributed by atoms with Crippen molar-refractivity contribution in [2.75, 3.05) is 0 Å². The number of hydrogen-bond donors (Lipinski definition) is 1. The van der Waals surface area contributed by atoms with Crippen LogP contribution in [0.15, 0.2) is 34.1 Å². The van der Waals surface area contributed by atoms with E-state index in [4.69, 9.17) is 5.26 Å². The summed E-state index contributed by atoms with van der Waals surface area (Å²) in [6.45, 7) is 2.10. The highest BCUT2D eigenvalue weighted by atomic mass is 16.2. The van der Waals surface area contributed by atoms with Crippen LogP contribution >= 0.6 is 0 Å². The van der Waals surface area contributed by atoms with E-state index in [9.17, 15) is 9.59 Å². The summed E-state index contributed by atoms with van der Waals surface area (Å²) in [6, 6.07) is 5.42. The van der Waals surface area contributed by atoms with E-state index in [1.165, 1.54) is 10.8 Å². The third-order valence-corrected chi connectivity index (χ3v) is 2.57. The Labute approximate surface area is 102 Å². The molecule has 0 aliphatic rings. The summed E-state index contributed by atoms with van der Waals surface area (Å²) >= 11 is 0. The number of nitrogens with zero attached hydrogens (tertiary/aromatic N) is 3. The van der Waals surface area contributed by atoms with Crippen LogP contribution in [-0.4, -0.2) is 14.5 Å². The Bertz CT molecular complexity index is 737. The first-order valence-electron chi connectivity index (χ1n) is 5.26. The third-order valence-electron chi connectivity index (χ3n) is 2.57. The smallest absolute Gasteiger partial charge is 0.293 e. The number of H-pyrrole nitrogens is 1. The minimum absolute atomic E-state index is 0.0943. The fourth-order valence-electron chi connectivity index (χ4n) is 1.55. The molecule has 0 bridgehead atoms. The van der Waals surface area contributed by atoms with Gasteiger partial charge in [-0.2, -0.15) is 5.26 Å². The highest BCUT2D eigenvalue weighted by Gasteiger charge is 2.06. The summed E-state index contributed by atoms with van der Waals surface area (Å²) in [6.07, 6.45) is 2.87. The van der Waals surface area contributed by atoms with Gasteiger partial charge in [0.05, 0.1) is 12.2 Å². The van der Waals surface area contributed by atoms with Crippen LogP contribution < -0.4 is 11.2 Å². The first-order valence-corrected chi connectivity index (χ1v) is 5.26. The molecule has 0 atom stereocenters. The average Bonchev–Trinajstić information content (AvgIpc) is 2.35. The molecule has 6 heteroatoms. The molecule has 0 aliphatic carbocycles. The summed E-state index contributed by atoms with van der Waals surface area (Å²) < 4.78 is 1.26. The predicted octanol–water partition coefficient (Wildman–Crippen LogP) is 0.160. The Kier molecular flexibility index (Phi) is 3.06. The molecule has 0 aromatic carbocycles. The van der Waals surface area contributed by atoms with Crippen LogP contribution in [0.5, 0.6) is 0 Å². The molecule has 2 aromatic rings. The molecule has 6 nitrogen and oxygen atoms in total. The Morgan fingerprint density at radius 1 is 1.50 bits per heavy atom. The number of nitrogens with one attached hydrogen (secondary N) is 1. The van der Waals surface area contributed by atoms with E-state index in [2.05, 4.69) is 9.97 Å². The lowest BCUT2D eigenvalue weighted by atomic mass is 10.2. The molecular formula is C12H10N4O2. The molecule has 2 heterocycles. The molecule has 2 rings (SSSR count). The number of nitriles is 1. The van der Waals surface area contributed by atoms with Gasteiger partial charge in [-0.05, 0) is 18.6 Å². The number of rotatable bonds is 2. The number of aromatic nitrogens is 3. The van der Waals surface area contributed by atoms with Gasteiger partial charge in [-0.3, -0.25) is 19.3 Å². The zero-order valence-corrected chi connectivity index (χ0v) is 9.67. The van der Waals surface area contributed by atoms with Crippen molar-refractivity contribution in [2.24, 2.45) is 0 Å². The minimum atomic E-state index is -0.670. The van der Waals surface area contributed by atoms with Crippen LogP contribution in [0.1, 0.15) is 16.8 Å². The molecule has 0 radical (unpaired) electrons. The maximum absolute atomic E-state index is 11.6. The van der Waals surface area contributed by atoms with Crippen LogP contribution in [0.25, 0.3) is 0 Å². The van der Waals surface area contributed by atoms with E-state index >= 15 is 0 Å². The highest BCUT2D eigenvalue weighted by Crippen LogP contribution is 2.04. The zero-order chi connectivity index (χ0) is 13.1. The average molecular weight is 242 g/mol. The summed E-state index contributed by atoms with van der Waals surface area (Å²) in [5.74, 6) is 0. The van der Waals surface area contributed by atoms with Crippen molar-refractivity contribution in [1.29, 1.82) is 5.26 Å². The van der Waals surface area contributed by atoms with Crippen molar-refractivity contribution in [3.05, 3.63) is 62.2 Å². The SMILES string of the molecule is Cc1cccnc1Cn1cc(C#N)c(=O)[nH]c1=O. The predicted molar refractivity (Wildman–Crippen MR) is 64.1 cm³/mol. The maximum atomic E-state index is 11.6. The molecule has 0 unspecified atom stereocenters. The van der Waals surface area contributed by atoms with E-state index in [0.717, 1.165) is 11.3 Å². The lowest BCUT2D eigenvalue weighted by Crippen LogP contribution is -2.31. The molecule has 0 aliphatic heterocycles. The molecule has 90 valence electrons. The maximum Gasteiger partial charge on any atom is 0.328 e. The fraction of sp³-hybridized carbons (Fsp3) is 0.167. The third kappa shape index (κ3) is 2.20. The summed E-state index contributed by atoms with van der Waals surface area (Å²) in [5.41, 5.74) is 0.341. The second-order valence-electron chi connectivity index (χ2n) is 3.81. The molecular weight excluding hydrogens is 232 g/mol. The fourth-order valence-corrected chi connectivity index (χ4v) is 1.55. The topological polar surface area (TPSA) is 91.5 Å². The molecule has 1 N–H and O–H groups in total. The monoisotopic (exact) mass is 242 g/mol. The number of aryl methyl sites for hydroxylation is 1. The molecule has 0 fully saturated rings. The van der Waals surface area contributed by atoms with E-state index in [-0.39, 0.29) is 12.1 Å². The second kappa shape index (κ2) is 4.67. The molecule has 0 saturated carbocycles. The van der Waals surface area contributed by atoms with Gasteiger partial charge in [0.15, 0.2) is 0 Å². The molecule has 0 amide bonds. The van der Waals surface area contributed by atoms with Crippen molar-refractivity contribution in [3.8, 4) is 6.07 Å². The van der Waals surface area contributed by atoms with E-state index < -0.39 is 11.2 Å². The molecule has 0 saturated heterocycles. The van der Waals surface area contributed by atoms with Crippen molar-refractivity contribution >= 4 is 0 Å². The van der Waals surface area contributed by atoms with Crippen molar-refractivity contribution in [1.82, 2.24) is 14.5 Å². The lowest BCUT2D eigenvalue weighted by molar-refractivity contribution is 0.698. The van der Waals surface area contributed by atoms with Crippen LogP contribution in [0.3, 0.4) is 0 Å². The van der Waals surface area contributed by atoms with Crippen LogP contribution in [0.4, 0.5) is 0 Å². The quantitative estimate of drug-likeness (QED) is 0.812. The normalized spacial score (nSPS) is 10.0. The van der Waals surface area contributed by atoms with Crippen LogP contribution in [-0.2, 0) is 6.54 Å². The van der Waals surface area contributed by atoms with E-state index in [0.29, 0.717) is 0 Å². The van der Waals surface area contributed by atoms with Crippen molar-refractivity contribution in [2.45, 2.75) is 13.5 Å². The Hall–Kier alpha value is -2.68. The zero-order valence-electron chi connectivity index (χ0n) is 9.67. The first kappa shape index (κ1) is 11.8. The molecule has 0 spiro atoms. The van der Waals surface area contributed by atoms with Gasteiger partial charge in [0.2, 0.25) is 0 Å². The number of hydrogen-bond acceptors (Lipinski definition) is 4. The van der Waals surface area contributed by atoms with Gasteiger partial charge in [0, 0.05) is 12.4 Å². The Morgan fingerprint density at radius 2 is 2.28 bits per heavy atom. The molecule has 2 aromatic heterocycles. The largest absolute Gasteiger partial charge is 0.328 e. The van der Waals surface area contributed by atoms with Crippen LogP contribution in [0.2, 0.25) is 0 Å². The van der Waals surface area contributed by atoms with Gasteiger partial charge >= 0.3 is 5.69 Å². The van der Waals surface area contributed by atoms with Gasteiger partial charge < -0.3 is 0 Å². The van der Waals surface area contributed by atoms with Gasteiger partial charge in [0.1, 0.15) is 11.6 Å². The number of pyridine rings is 1. The Balaban J connectivity index is 2.48. The van der Waals surface area contributed by atoms with Gasteiger partial charge in [0.25, 0.3) is 5.56 Å². The second-order valence-corrected chi connectivity index (χ2v) is 3.81. The van der Waals surface area contributed by atoms with Crippen molar-refractivity contribution < 1.29 is 0 Å². The van der Waals surface area contributed by atoms with E-state index in [1.54, 1.807) is 18.3 Å². The molecule has 18 heavy (non-hydrogen) atoms. The van der Waals surface area contributed by atoms with Gasteiger partial charge in [-0.25, -0.2) is 4.79 Å². The Morgan fingerprint density at radius 3 is 2.94 bits per heavy atom. The summed E-state index contributed by atoms with van der Waals surface area (Å²) in [7, 11) is 0. The first-order chi connectivity index (χ1) is 8.61. The lowest BCUT2D eigenvalue weighted by Gasteiger charge is -2.06. The van der Waals surface area contributed by atoms with Crippen molar-refractivity contribution in [3.63, 3.8) is 0 Å². The number of aromatic amines is 1. The van der Waals surface area contributed by atoms with E-state index in [1.807, 2.05) is 13.0 Å². The minimum Gasteiger partial charge on any atom is -0.293 e. The highest BCUT2D eigenvalue weighted by molar-refractivity contribution is 5.23. The van der Waals surface area contributed by atoms with Gasteiger partial charge in [-0.15, -0.1) is 0 Å². The standard InChI is InChI=1S/C12H10N4O2/c1-8-3-2-4-14-10(8)7-16-6-9(5-13)11(17)15-12(16)18/h2-4,6H,7H2,1H3,(H,15,17,18). The van der Waals surface area contributed by atoms with Crippen LogP contribution in [0, 0.1) is 18.3 Å². The summed E-state index contributed by atoms with van der Waals surface area (Å²) in [5, 5.41) is 8.75.